The summed E-state index contributed by atoms with van der Waals surface area (Å²) in [5.74, 6) is -0.685. The SMILES string of the molecule is O=C(CN1CCCC1)c1cc(Cl)ccc1F. The Balaban J connectivity index is 2.10. The highest BCUT2D eigenvalue weighted by atomic mass is 35.5. The van der Waals surface area contributed by atoms with Gasteiger partial charge in [-0.1, -0.05) is 11.6 Å². The molecule has 1 fully saturated rings. The Morgan fingerprint density at radius 1 is 1.38 bits per heavy atom. The van der Waals surface area contributed by atoms with Crippen LogP contribution in [0.4, 0.5) is 4.39 Å². The minimum atomic E-state index is -0.492. The van der Waals surface area contributed by atoms with Crippen molar-refractivity contribution in [2.75, 3.05) is 19.6 Å². The third-order valence-corrected chi connectivity index (χ3v) is 3.03. The molecule has 0 amide bonds. The lowest BCUT2D eigenvalue weighted by atomic mass is 10.1. The molecule has 1 heterocycles. The molecule has 0 saturated carbocycles. The summed E-state index contributed by atoms with van der Waals surface area (Å²) in [5, 5.41) is 0.395. The molecule has 4 heteroatoms. The molecule has 1 aromatic carbocycles. The average molecular weight is 242 g/mol. The van der Waals surface area contributed by atoms with Crippen molar-refractivity contribution < 1.29 is 9.18 Å². The summed E-state index contributed by atoms with van der Waals surface area (Å²) in [4.78, 5) is 13.9. The van der Waals surface area contributed by atoms with Gasteiger partial charge in [-0.25, -0.2) is 4.39 Å². The van der Waals surface area contributed by atoms with Crippen molar-refractivity contribution in [2.45, 2.75) is 12.8 Å². The number of likely N-dealkylation sites (tertiary alicyclic amines) is 1. The van der Waals surface area contributed by atoms with E-state index in [1.54, 1.807) is 0 Å². The molecule has 1 aromatic rings. The number of Topliss-reactive ketones (excluding diaryl/α,β-unsaturated/α-hetero) is 1. The molecular formula is C12H13ClFNO. The van der Waals surface area contributed by atoms with Gasteiger partial charge in [-0.3, -0.25) is 9.69 Å². The Morgan fingerprint density at radius 2 is 2.06 bits per heavy atom. The molecule has 1 saturated heterocycles. The summed E-state index contributed by atoms with van der Waals surface area (Å²) in [7, 11) is 0. The number of benzene rings is 1. The topological polar surface area (TPSA) is 20.3 Å². The zero-order valence-electron chi connectivity index (χ0n) is 8.88. The lowest BCUT2D eigenvalue weighted by molar-refractivity contribution is 0.0941. The molecule has 0 N–H and O–H groups in total. The lowest BCUT2D eigenvalue weighted by Crippen LogP contribution is -2.27. The van der Waals surface area contributed by atoms with E-state index in [1.807, 2.05) is 4.90 Å². The number of carbonyl (C=O) groups is 1. The molecule has 1 aliphatic rings. The van der Waals surface area contributed by atoms with Gasteiger partial charge in [0, 0.05) is 5.02 Å². The molecule has 16 heavy (non-hydrogen) atoms. The van der Waals surface area contributed by atoms with Crippen LogP contribution in [0, 0.1) is 5.82 Å². The van der Waals surface area contributed by atoms with Crippen LogP contribution in [0.1, 0.15) is 23.2 Å². The number of ketones is 1. The van der Waals surface area contributed by atoms with Crippen LogP contribution >= 0.6 is 11.6 Å². The Bertz CT molecular complexity index is 402. The van der Waals surface area contributed by atoms with Crippen molar-refractivity contribution in [2.24, 2.45) is 0 Å². The molecule has 86 valence electrons. The molecule has 0 atom stereocenters. The number of nitrogens with zero attached hydrogens (tertiary/aromatic N) is 1. The van der Waals surface area contributed by atoms with Crippen LogP contribution in [0.2, 0.25) is 5.02 Å². The molecule has 0 bridgehead atoms. The van der Waals surface area contributed by atoms with Crippen LogP contribution in [-0.4, -0.2) is 30.3 Å². The van der Waals surface area contributed by atoms with Crippen LogP contribution in [0.3, 0.4) is 0 Å². The van der Waals surface area contributed by atoms with E-state index in [-0.39, 0.29) is 17.9 Å². The molecular weight excluding hydrogens is 229 g/mol. The summed E-state index contributed by atoms with van der Waals surface area (Å²) < 4.78 is 13.4. The summed E-state index contributed by atoms with van der Waals surface area (Å²) in [6.45, 7) is 2.14. The van der Waals surface area contributed by atoms with Crippen LogP contribution in [0.15, 0.2) is 18.2 Å². The van der Waals surface area contributed by atoms with Gasteiger partial charge in [-0.15, -0.1) is 0 Å². The maximum atomic E-state index is 13.4. The third-order valence-electron chi connectivity index (χ3n) is 2.79. The third kappa shape index (κ3) is 2.60. The molecule has 0 aromatic heterocycles. The molecule has 0 radical (unpaired) electrons. The highest BCUT2D eigenvalue weighted by Crippen LogP contribution is 2.16. The molecule has 0 spiro atoms. The van der Waals surface area contributed by atoms with Crippen molar-refractivity contribution in [3.63, 3.8) is 0 Å². The van der Waals surface area contributed by atoms with Gasteiger partial charge in [-0.05, 0) is 44.1 Å². The van der Waals surface area contributed by atoms with Crippen LogP contribution in [0.25, 0.3) is 0 Å². The second-order valence-corrected chi connectivity index (χ2v) is 4.47. The smallest absolute Gasteiger partial charge is 0.179 e. The van der Waals surface area contributed by atoms with Crippen molar-refractivity contribution in [3.8, 4) is 0 Å². The number of hydrogen-bond acceptors (Lipinski definition) is 2. The van der Waals surface area contributed by atoms with E-state index in [2.05, 4.69) is 0 Å². The van der Waals surface area contributed by atoms with Crippen molar-refractivity contribution in [1.29, 1.82) is 0 Å². The quantitative estimate of drug-likeness (QED) is 0.759. The maximum Gasteiger partial charge on any atom is 0.179 e. The average Bonchev–Trinajstić information content (AvgIpc) is 2.74. The van der Waals surface area contributed by atoms with Gasteiger partial charge in [0.1, 0.15) is 5.82 Å². The first-order chi connectivity index (χ1) is 7.66. The van der Waals surface area contributed by atoms with Gasteiger partial charge < -0.3 is 0 Å². The fourth-order valence-electron chi connectivity index (χ4n) is 1.94. The Hall–Kier alpha value is -0.930. The highest BCUT2D eigenvalue weighted by molar-refractivity contribution is 6.31. The van der Waals surface area contributed by atoms with Crippen molar-refractivity contribution in [1.82, 2.24) is 4.90 Å². The first-order valence-corrected chi connectivity index (χ1v) is 5.75. The second-order valence-electron chi connectivity index (χ2n) is 4.03. The summed E-state index contributed by atoms with van der Waals surface area (Å²) >= 11 is 5.75. The first-order valence-electron chi connectivity index (χ1n) is 5.37. The van der Waals surface area contributed by atoms with Crippen LogP contribution < -0.4 is 0 Å². The lowest BCUT2D eigenvalue weighted by Gasteiger charge is -2.13. The minimum Gasteiger partial charge on any atom is -0.296 e. The minimum absolute atomic E-state index is 0.0967. The van der Waals surface area contributed by atoms with E-state index in [0.717, 1.165) is 25.9 Å². The first kappa shape index (κ1) is 11.6. The monoisotopic (exact) mass is 241 g/mol. The predicted molar refractivity (Wildman–Crippen MR) is 61.4 cm³/mol. The van der Waals surface area contributed by atoms with Gasteiger partial charge in [0.05, 0.1) is 12.1 Å². The Kier molecular flexibility index (Phi) is 3.56. The second kappa shape index (κ2) is 4.93. The fraction of sp³-hybridized carbons (Fsp3) is 0.417. The number of carbonyl (C=O) groups excluding carboxylic acids is 1. The summed E-state index contributed by atoms with van der Waals surface area (Å²) in [5.41, 5.74) is 0.0967. The van der Waals surface area contributed by atoms with Crippen LogP contribution in [-0.2, 0) is 0 Å². The van der Waals surface area contributed by atoms with E-state index >= 15 is 0 Å². The molecule has 2 nitrogen and oxygen atoms in total. The molecule has 2 rings (SSSR count). The van der Waals surface area contributed by atoms with E-state index in [4.69, 9.17) is 11.6 Å². The van der Waals surface area contributed by atoms with Gasteiger partial charge in [0.2, 0.25) is 0 Å². The zero-order chi connectivity index (χ0) is 11.5. The van der Waals surface area contributed by atoms with E-state index in [1.165, 1.54) is 18.2 Å². The van der Waals surface area contributed by atoms with Crippen molar-refractivity contribution in [3.05, 3.63) is 34.6 Å². The predicted octanol–water partition coefficient (Wildman–Crippen LogP) is 2.76. The van der Waals surface area contributed by atoms with Crippen LogP contribution in [0.5, 0.6) is 0 Å². The highest BCUT2D eigenvalue weighted by Gasteiger charge is 2.18. The summed E-state index contributed by atoms with van der Waals surface area (Å²) in [6.07, 6.45) is 2.23. The van der Waals surface area contributed by atoms with Crippen molar-refractivity contribution >= 4 is 17.4 Å². The number of rotatable bonds is 3. The van der Waals surface area contributed by atoms with Gasteiger partial charge in [0.25, 0.3) is 0 Å². The molecule has 0 unspecified atom stereocenters. The fourth-order valence-corrected chi connectivity index (χ4v) is 2.11. The molecule has 0 aliphatic carbocycles. The Morgan fingerprint density at radius 3 is 2.75 bits per heavy atom. The zero-order valence-corrected chi connectivity index (χ0v) is 9.63. The van der Waals surface area contributed by atoms with E-state index in [0.29, 0.717) is 5.02 Å². The Labute approximate surface area is 99.0 Å². The number of halogens is 2. The van der Waals surface area contributed by atoms with E-state index < -0.39 is 5.82 Å². The van der Waals surface area contributed by atoms with Gasteiger partial charge in [0.15, 0.2) is 5.78 Å². The maximum absolute atomic E-state index is 13.4. The molecule has 1 aliphatic heterocycles. The normalized spacial score (nSPS) is 16.6. The van der Waals surface area contributed by atoms with Gasteiger partial charge in [-0.2, -0.15) is 0 Å². The number of hydrogen-bond donors (Lipinski definition) is 0. The van der Waals surface area contributed by atoms with Gasteiger partial charge >= 0.3 is 0 Å². The summed E-state index contributed by atoms with van der Waals surface area (Å²) in [6, 6.07) is 4.08. The van der Waals surface area contributed by atoms with E-state index in [9.17, 15) is 9.18 Å². The largest absolute Gasteiger partial charge is 0.296 e. The standard InChI is InChI=1S/C12H13ClFNO/c13-9-3-4-11(14)10(7-9)12(16)8-15-5-1-2-6-15/h3-4,7H,1-2,5-6,8H2.